The summed E-state index contributed by atoms with van der Waals surface area (Å²) < 4.78 is 13.0. The van der Waals surface area contributed by atoms with Crippen LogP contribution in [0.5, 0.6) is 0 Å². The number of benzene rings is 1. The first-order valence-corrected chi connectivity index (χ1v) is 6.23. The molecule has 0 bridgehead atoms. The number of rotatable bonds is 7. The Kier molecular flexibility index (Phi) is 6.09. The zero-order valence-corrected chi connectivity index (χ0v) is 10.3. The molecule has 1 rings (SSSR count). The summed E-state index contributed by atoms with van der Waals surface area (Å²) in [6, 6.07) is 7.05. The highest BCUT2D eigenvalue weighted by molar-refractivity contribution is 5.19. The Morgan fingerprint density at radius 2 is 2.06 bits per heavy atom. The third kappa shape index (κ3) is 4.75. The summed E-state index contributed by atoms with van der Waals surface area (Å²) in [5, 5.41) is 3.42. The minimum Gasteiger partial charge on any atom is -0.310 e. The SMILES string of the molecule is CCCCCCNC(C)c1cccc(F)c1. The number of hydrogen-bond donors (Lipinski definition) is 1. The smallest absolute Gasteiger partial charge is 0.123 e. The lowest BCUT2D eigenvalue weighted by atomic mass is 10.1. The second kappa shape index (κ2) is 7.39. The van der Waals surface area contributed by atoms with Gasteiger partial charge in [-0.3, -0.25) is 0 Å². The standard InChI is InChI=1S/C14H22FN/c1-3-4-5-6-10-16-12(2)13-8-7-9-14(15)11-13/h7-9,11-12,16H,3-6,10H2,1-2H3. The Morgan fingerprint density at radius 3 is 2.75 bits per heavy atom. The molecule has 1 atom stereocenters. The topological polar surface area (TPSA) is 12.0 Å². The van der Waals surface area contributed by atoms with E-state index in [9.17, 15) is 4.39 Å². The van der Waals surface area contributed by atoms with Crippen LogP contribution in [0.15, 0.2) is 24.3 Å². The summed E-state index contributed by atoms with van der Waals surface area (Å²) in [5.41, 5.74) is 1.02. The molecule has 0 aromatic heterocycles. The predicted octanol–water partition coefficient (Wildman–Crippen LogP) is 4.06. The third-order valence-electron chi connectivity index (χ3n) is 2.83. The average Bonchev–Trinajstić information content (AvgIpc) is 2.28. The molecule has 0 radical (unpaired) electrons. The molecule has 0 saturated carbocycles. The average molecular weight is 223 g/mol. The molecule has 0 heterocycles. The van der Waals surface area contributed by atoms with Crippen LogP contribution in [-0.2, 0) is 0 Å². The molecular weight excluding hydrogens is 201 g/mol. The van der Waals surface area contributed by atoms with Gasteiger partial charge in [0.2, 0.25) is 0 Å². The van der Waals surface area contributed by atoms with Crippen molar-refractivity contribution >= 4 is 0 Å². The van der Waals surface area contributed by atoms with Crippen LogP contribution in [0, 0.1) is 5.82 Å². The summed E-state index contributed by atoms with van der Waals surface area (Å²) in [5.74, 6) is -0.155. The van der Waals surface area contributed by atoms with Crippen molar-refractivity contribution < 1.29 is 4.39 Å². The van der Waals surface area contributed by atoms with Gasteiger partial charge in [0.15, 0.2) is 0 Å². The Bertz CT molecular complexity index is 299. The van der Waals surface area contributed by atoms with Gasteiger partial charge in [-0.1, -0.05) is 38.3 Å². The molecule has 2 heteroatoms. The van der Waals surface area contributed by atoms with Crippen molar-refractivity contribution in [2.24, 2.45) is 0 Å². The summed E-state index contributed by atoms with van der Waals surface area (Å²) in [6.07, 6.45) is 5.04. The lowest BCUT2D eigenvalue weighted by molar-refractivity contribution is 0.532. The molecule has 0 spiro atoms. The molecular formula is C14H22FN. The highest BCUT2D eigenvalue weighted by Crippen LogP contribution is 2.13. The molecule has 1 aromatic carbocycles. The molecule has 1 N–H and O–H groups in total. The van der Waals surface area contributed by atoms with Crippen LogP contribution >= 0.6 is 0 Å². The van der Waals surface area contributed by atoms with Gasteiger partial charge in [0.1, 0.15) is 5.82 Å². The van der Waals surface area contributed by atoms with E-state index in [2.05, 4.69) is 19.2 Å². The van der Waals surface area contributed by atoms with Crippen molar-refractivity contribution in [3.05, 3.63) is 35.6 Å². The summed E-state index contributed by atoms with van der Waals surface area (Å²) in [4.78, 5) is 0. The fourth-order valence-electron chi connectivity index (χ4n) is 1.76. The Labute approximate surface area is 98.1 Å². The van der Waals surface area contributed by atoms with E-state index in [1.54, 1.807) is 12.1 Å². The maximum atomic E-state index is 13.0. The highest BCUT2D eigenvalue weighted by Gasteiger charge is 2.04. The van der Waals surface area contributed by atoms with E-state index in [0.29, 0.717) is 0 Å². The van der Waals surface area contributed by atoms with Crippen LogP contribution in [0.4, 0.5) is 4.39 Å². The monoisotopic (exact) mass is 223 g/mol. The van der Waals surface area contributed by atoms with Crippen molar-refractivity contribution in [3.63, 3.8) is 0 Å². The molecule has 0 aliphatic heterocycles. The van der Waals surface area contributed by atoms with Crippen LogP contribution in [0.1, 0.15) is 51.1 Å². The van der Waals surface area contributed by atoms with Crippen LogP contribution < -0.4 is 5.32 Å². The van der Waals surface area contributed by atoms with E-state index in [1.165, 1.54) is 31.7 Å². The van der Waals surface area contributed by atoms with Crippen LogP contribution in [-0.4, -0.2) is 6.54 Å². The van der Waals surface area contributed by atoms with Crippen molar-refractivity contribution in [2.75, 3.05) is 6.54 Å². The summed E-state index contributed by atoms with van der Waals surface area (Å²) in [6.45, 7) is 5.30. The highest BCUT2D eigenvalue weighted by atomic mass is 19.1. The van der Waals surface area contributed by atoms with Gasteiger partial charge < -0.3 is 5.32 Å². The molecule has 0 amide bonds. The molecule has 1 nitrogen and oxygen atoms in total. The first-order chi connectivity index (χ1) is 7.74. The quantitative estimate of drug-likeness (QED) is 0.687. The molecule has 90 valence electrons. The number of nitrogens with one attached hydrogen (secondary N) is 1. The van der Waals surface area contributed by atoms with Crippen molar-refractivity contribution in [2.45, 2.75) is 45.6 Å². The van der Waals surface area contributed by atoms with Crippen molar-refractivity contribution in [3.8, 4) is 0 Å². The number of hydrogen-bond acceptors (Lipinski definition) is 1. The van der Waals surface area contributed by atoms with E-state index < -0.39 is 0 Å². The Balaban J connectivity index is 2.27. The van der Waals surface area contributed by atoms with E-state index in [-0.39, 0.29) is 11.9 Å². The van der Waals surface area contributed by atoms with Gasteiger partial charge in [0.05, 0.1) is 0 Å². The van der Waals surface area contributed by atoms with Gasteiger partial charge in [0, 0.05) is 6.04 Å². The maximum absolute atomic E-state index is 13.0. The molecule has 0 saturated heterocycles. The molecule has 0 aliphatic carbocycles. The first-order valence-electron chi connectivity index (χ1n) is 6.23. The minimum absolute atomic E-state index is 0.155. The molecule has 1 aromatic rings. The van der Waals surface area contributed by atoms with Gasteiger partial charge in [-0.25, -0.2) is 4.39 Å². The summed E-state index contributed by atoms with van der Waals surface area (Å²) in [7, 11) is 0. The van der Waals surface area contributed by atoms with Gasteiger partial charge in [-0.15, -0.1) is 0 Å². The van der Waals surface area contributed by atoms with Crippen LogP contribution in [0.3, 0.4) is 0 Å². The Hall–Kier alpha value is -0.890. The summed E-state index contributed by atoms with van der Waals surface area (Å²) >= 11 is 0. The molecule has 0 fully saturated rings. The molecule has 0 aliphatic rings. The second-order valence-corrected chi connectivity index (χ2v) is 4.29. The lowest BCUT2D eigenvalue weighted by Crippen LogP contribution is -2.19. The molecule has 1 unspecified atom stereocenters. The van der Waals surface area contributed by atoms with E-state index >= 15 is 0 Å². The zero-order chi connectivity index (χ0) is 11.8. The molecule has 16 heavy (non-hydrogen) atoms. The fraction of sp³-hybridized carbons (Fsp3) is 0.571. The zero-order valence-electron chi connectivity index (χ0n) is 10.3. The number of halogens is 1. The fourth-order valence-corrected chi connectivity index (χ4v) is 1.76. The van der Waals surface area contributed by atoms with Gasteiger partial charge >= 0.3 is 0 Å². The predicted molar refractivity (Wildman–Crippen MR) is 67.0 cm³/mol. The van der Waals surface area contributed by atoms with Crippen molar-refractivity contribution in [1.82, 2.24) is 5.32 Å². The van der Waals surface area contributed by atoms with E-state index in [4.69, 9.17) is 0 Å². The van der Waals surface area contributed by atoms with Crippen LogP contribution in [0.2, 0.25) is 0 Å². The van der Waals surface area contributed by atoms with Gasteiger partial charge in [0.25, 0.3) is 0 Å². The minimum atomic E-state index is -0.155. The Morgan fingerprint density at radius 1 is 1.25 bits per heavy atom. The second-order valence-electron chi connectivity index (χ2n) is 4.29. The largest absolute Gasteiger partial charge is 0.310 e. The maximum Gasteiger partial charge on any atom is 0.123 e. The van der Waals surface area contributed by atoms with Crippen LogP contribution in [0.25, 0.3) is 0 Å². The van der Waals surface area contributed by atoms with Crippen molar-refractivity contribution in [1.29, 1.82) is 0 Å². The van der Waals surface area contributed by atoms with E-state index in [0.717, 1.165) is 12.1 Å². The third-order valence-corrected chi connectivity index (χ3v) is 2.83. The van der Waals surface area contributed by atoms with Gasteiger partial charge in [-0.05, 0) is 37.6 Å². The first kappa shape index (κ1) is 13.2. The lowest BCUT2D eigenvalue weighted by Gasteiger charge is -2.14. The number of unbranched alkanes of at least 4 members (excludes halogenated alkanes) is 3. The normalized spacial score (nSPS) is 12.7. The van der Waals surface area contributed by atoms with Gasteiger partial charge in [-0.2, -0.15) is 0 Å². The van der Waals surface area contributed by atoms with E-state index in [1.807, 2.05) is 6.07 Å².